The molecule has 0 spiro atoms. The summed E-state index contributed by atoms with van der Waals surface area (Å²) in [6.45, 7) is 4.15. The van der Waals surface area contributed by atoms with E-state index in [0.29, 0.717) is 42.3 Å². The van der Waals surface area contributed by atoms with E-state index in [0.717, 1.165) is 10.5 Å². The Morgan fingerprint density at radius 3 is 2.52 bits per heavy atom. The molecule has 0 N–H and O–H groups in total. The maximum atomic E-state index is 13.0. The largest absolute Gasteiger partial charge is 0.462 e. The fraction of sp³-hybridized carbons (Fsp3) is 0.280. The van der Waals surface area contributed by atoms with E-state index in [1.165, 1.54) is 13.2 Å². The topological polar surface area (TPSA) is 110 Å². The van der Waals surface area contributed by atoms with Crippen molar-refractivity contribution < 1.29 is 28.3 Å². The number of carbonyl (C=O) groups is 3. The second-order valence-corrected chi connectivity index (χ2v) is 7.28. The number of hydrogen-bond donors (Lipinski definition) is 0. The average Bonchev–Trinajstić information content (AvgIpc) is 3.28. The second-order valence-electron chi connectivity index (χ2n) is 7.28. The number of carbonyl (C=O) groups excluding carboxylic acids is 3. The number of ether oxygens (including phenoxy) is 2. The highest BCUT2D eigenvalue weighted by molar-refractivity contribution is 6.19. The first-order valence-corrected chi connectivity index (χ1v) is 10.5. The summed E-state index contributed by atoms with van der Waals surface area (Å²) in [7, 11) is 1.54. The number of nitrogens with zero attached hydrogens (tertiary/aromatic N) is 2. The van der Waals surface area contributed by atoms with Crippen molar-refractivity contribution in [3.05, 3.63) is 64.4 Å². The van der Waals surface area contributed by atoms with Gasteiger partial charge in [0.25, 0.3) is 11.8 Å². The third-order valence-corrected chi connectivity index (χ3v) is 5.15. The third kappa shape index (κ3) is 5.10. The molecule has 0 atom stereocenters. The first kappa shape index (κ1) is 23.7. The van der Waals surface area contributed by atoms with Crippen LogP contribution in [0.1, 0.15) is 36.4 Å². The molecule has 0 saturated carbocycles. The van der Waals surface area contributed by atoms with E-state index in [1.54, 1.807) is 50.2 Å². The van der Waals surface area contributed by atoms with E-state index in [1.807, 2.05) is 6.07 Å². The summed E-state index contributed by atoms with van der Waals surface area (Å²) in [4.78, 5) is 38.5. The maximum Gasteiger partial charge on any atom is 0.338 e. The van der Waals surface area contributed by atoms with Crippen LogP contribution in [0, 0.1) is 11.3 Å². The Morgan fingerprint density at radius 2 is 1.88 bits per heavy atom. The summed E-state index contributed by atoms with van der Waals surface area (Å²) >= 11 is 0. The van der Waals surface area contributed by atoms with Gasteiger partial charge in [0.15, 0.2) is 0 Å². The molecule has 0 bridgehead atoms. The van der Waals surface area contributed by atoms with Gasteiger partial charge in [-0.1, -0.05) is 12.1 Å². The molecule has 2 aromatic rings. The number of nitriles is 1. The zero-order chi connectivity index (χ0) is 24.0. The summed E-state index contributed by atoms with van der Waals surface area (Å²) in [6.07, 6.45) is 1.99. The molecule has 1 aliphatic rings. The zero-order valence-corrected chi connectivity index (χ0v) is 18.7. The summed E-state index contributed by atoms with van der Waals surface area (Å²) < 4.78 is 15.9. The minimum atomic E-state index is -0.602. The molecule has 0 unspecified atom stereocenters. The fourth-order valence-corrected chi connectivity index (χ4v) is 3.41. The highest BCUT2D eigenvalue weighted by atomic mass is 16.5. The minimum absolute atomic E-state index is 0.0698. The quantitative estimate of drug-likeness (QED) is 0.262. The average molecular weight is 448 g/mol. The number of imide groups is 1. The number of furan rings is 1. The number of rotatable bonds is 8. The van der Waals surface area contributed by atoms with Crippen molar-refractivity contribution in [1.29, 1.82) is 5.26 Å². The van der Waals surface area contributed by atoms with Gasteiger partial charge in [-0.2, -0.15) is 5.26 Å². The van der Waals surface area contributed by atoms with Gasteiger partial charge in [-0.05, 0) is 56.2 Å². The summed E-state index contributed by atoms with van der Waals surface area (Å²) in [5.74, 6) is -0.550. The molecule has 8 heteroatoms. The van der Waals surface area contributed by atoms with Crippen LogP contribution in [0.4, 0.5) is 0 Å². The molecule has 0 radical (unpaired) electrons. The van der Waals surface area contributed by atoms with Crippen molar-refractivity contribution in [3.8, 4) is 17.4 Å². The van der Waals surface area contributed by atoms with E-state index in [2.05, 4.69) is 0 Å². The summed E-state index contributed by atoms with van der Waals surface area (Å²) in [5, 5.41) is 9.46. The van der Waals surface area contributed by atoms with Gasteiger partial charge < -0.3 is 13.9 Å². The van der Waals surface area contributed by atoms with Crippen LogP contribution in [0.2, 0.25) is 0 Å². The van der Waals surface area contributed by atoms with Crippen molar-refractivity contribution in [2.75, 3.05) is 26.9 Å². The summed E-state index contributed by atoms with van der Waals surface area (Å²) in [6, 6.07) is 12.1. The molecule has 2 heterocycles. The van der Waals surface area contributed by atoms with E-state index >= 15 is 0 Å². The number of esters is 1. The normalized spacial score (nSPS) is 15.2. The van der Waals surface area contributed by atoms with Gasteiger partial charge >= 0.3 is 5.97 Å². The molecule has 2 amide bonds. The van der Waals surface area contributed by atoms with Crippen LogP contribution in [-0.4, -0.2) is 49.6 Å². The van der Waals surface area contributed by atoms with Gasteiger partial charge in [0, 0.05) is 31.4 Å². The molecule has 1 aliphatic heterocycles. The highest BCUT2D eigenvalue weighted by Gasteiger charge is 2.35. The Hall–Kier alpha value is -3.96. The lowest BCUT2D eigenvalue weighted by molar-refractivity contribution is -0.140. The molecular formula is C25H24N2O6. The standard InChI is InChI=1S/C25H24N2O6/c1-4-32-25(30)18-8-6-17(7-9-18)22-11-10-19(33-22)14-20-16(2)21(15-26)24(29)27(23(20)28)12-5-13-31-3/h6-11,14H,4-5,12-13H2,1-3H3/b20-14+. The van der Waals surface area contributed by atoms with Crippen molar-refractivity contribution >= 4 is 23.9 Å². The van der Waals surface area contributed by atoms with Gasteiger partial charge in [0.2, 0.25) is 0 Å². The molecule has 0 aliphatic carbocycles. The lowest BCUT2D eigenvalue weighted by Gasteiger charge is -2.27. The third-order valence-electron chi connectivity index (χ3n) is 5.15. The van der Waals surface area contributed by atoms with Crippen LogP contribution in [0.25, 0.3) is 17.4 Å². The lowest BCUT2D eigenvalue weighted by Crippen LogP contribution is -2.43. The van der Waals surface area contributed by atoms with Gasteiger partial charge in [-0.3, -0.25) is 14.5 Å². The molecule has 3 rings (SSSR count). The number of methoxy groups -OCH3 is 1. The Balaban J connectivity index is 1.89. The maximum absolute atomic E-state index is 13.0. The highest BCUT2D eigenvalue weighted by Crippen LogP contribution is 2.29. The number of hydrogen-bond acceptors (Lipinski definition) is 7. The van der Waals surface area contributed by atoms with Gasteiger partial charge in [0.1, 0.15) is 23.2 Å². The number of amides is 2. The van der Waals surface area contributed by atoms with Crippen LogP contribution in [0.15, 0.2) is 57.5 Å². The molecule has 1 aromatic carbocycles. The Kier molecular flexibility index (Phi) is 7.59. The Morgan fingerprint density at radius 1 is 1.15 bits per heavy atom. The van der Waals surface area contributed by atoms with E-state index in [9.17, 15) is 19.6 Å². The van der Waals surface area contributed by atoms with E-state index in [-0.39, 0.29) is 17.7 Å². The van der Waals surface area contributed by atoms with Crippen LogP contribution in [-0.2, 0) is 19.1 Å². The Bertz CT molecular complexity index is 1160. The molecule has 0 saturated heterocycles. The van der Waals surface area contributed by atoms with Gasteiger partial charge in [-0.25, -0.2) is 4.79 Å². The second kappa shape index (κ2) is 10.6. The van der Waals surface area contributed by atoms with Crippen LogP contribution in [0.3, 0.4) is 0 Å². The van der Waals surface area contributed by atoms with Crippen molar-refractivity contribution in [3.63, 3.8) is 0 Å². The van der Waals surface area contributed by atoms with E-state index < -0.39 is 17.8 Å². The predicted octanol–water partition coefficient (Wildman–Crippen LogP) is 3.75. The molecule has 8 nitrogen and oxygen atoms in total. The van der Waals surface area contributed by atoms with E-state index in [4.69, 9.17) is 13.9 Å². The fourth-order valence-electron chi connectivity index (χ4n) is 3.41. The van der Waals surface area contributed by atoms with Gasteiger partial charge in [0.05, 0.1) is 12.2 Å². The summed E-state index contributed by atoms with van der Waals surface area (Å²) in [5.41, 5.74) is 1.64. The lowest BCUT2D eigenvalue weighted by atomic mass is 9.94. The minimum Gasteiger partial charge on any atom is -0.462 e. The predicted molar refractivity (Wildman–Crippen MR) is 120 cm³/mol. The van der Waals surface area contributed by atoms with Crippen molar-refractivity contribution in [2.24, 2.45) is 0 Å². The van der Waals surface area contributed by atoms with Gasteiger partial charge in [-0.15, -0.1) is 0 Å². The first-order valence-electron chi connectivity index (χ1n) is 10.5. The first-order chi connectivity index (χ1) is 15.9. The monoisotopic (exact) mass is 448 g/mol. The number of benzene rings is 1. The molecular weight excluding hydrogens is 424 g/mol. The molecule has 1 aromatic heterocycles. The smallest absolute Gasteiger partial charge is 0.338 e. The van der Waals surface area contributed by atoms with Crippen LogP contribution >= 0.6 is 0 Å². The zero-order valence-electron chi connectivity index (χ0n) is 18.7. The Labute approximate surface area is 191 Å². The molecule has 33 heavy (non-hydrogen) atoms. The van der Waals surface area contributed by atoms with Crippen molar-refractivity contribution in [1.82, 2.24) is 4.90 Å². The van der Waals surface area contributed by atoms with Crippen LogP contribution < -0.4 is 0 Å². The SMILES string of the molecule is CCOC(=O)c1ccc(-c2ccc(/C=C3/C(=O)N(CCCOC)C(=O)C(C#N)=C3C)o2)cc1. The molecule has 0 fully saturated rings. The van der Waals surface area contributed by atoms with Crippen LogP contribution in [0.5, 0.6) is 0 Å². The van der Waals surface area contributed by atoms with Crippen molar-refractivity contribution in [2.45, 2.75) is 20.3 Å². The molecule has 170 valence electrons.